The molecule has 1 fully saturated rings. The fourth-order valence-corrected chi connectivity index (χ4v) is 3.28. The number of carbonyl (C=O) groups is 1. The second-order valence-corrected chi connectivity index (χ2v) is 6.81. The van der Waals surface area contributed by atoms with Crippen LogP contribution >= 0.6 is 0 Å². The van der Waals surface area contributed by atoms with E-state index in [0.29, 0.717) is 24.1 Å². The highest BCUT2D eigenvalue weighted by Crippen LogP contribution is 2.39. The van der Waals surface area contributed by atoms with E-state index in [4.69, 9.17) is 9.47 Å². The lowest BCUT2D eigenvalue weighted by Gasteiger charge is -2.26. The number of nitro benzene ring substituents is 1. The molecule has 0 radical (unpaired) electrons. The molecule has 0 saturated carbocycles. The number of ether oxygens (including phenoxy) is 2. The molecule has 7 nitrogen and oxygen atoms in total. The van der Waals surface area contributed by atoms with Crippen LogP contribution in [0.2, 0.25) is 0 Å². The van der Waals surface area contributed by atoms with Crippen LogP contribution in [0, 0.1) is 10.1 Å². The van der Waals surface area contributed by atoms with Gasteiger partial charge in [0.25, 0.3) is 0 Å². The van der Waals surface area contributed by atoms with Crippen LogP contribution in [-0.4, -0.2) is 42.4 Å². The number of nitro groups is 1. The average Bonchev–Trinajstić information content (AvgIpc) is 2.74. The van der Waals surface area contributed by atoms with Crippen molar-refractivity contribution < 1.29 is 19.2 Å². The van der Waals surface area contributed by atoms with E-state index in [1.54, 1.807) is 12.1 Å². The highest BCUT2D eigenvalue weighted by molar-refractivity contribution is 6.00. The number of rotatable bonds is 7. The van der Waals surface area contributed by atoms with Crippen molar-refractivity contribution in [2.75, 3.05) is 26.7 Å². The van der Waals surface area contributed by atoms with Crippen molar-refractivity contribution in [2.45, 2.75) is 20.0 Å². The first-order valence-corrected chi connectivity index (χ1v) is 9.51. The summed E-state index contributed by atoms with van der Waals surface area (Å²) in [5.41, 5.74) is 1.89. The zero-order valence-corrected chi connectivity index (χ0v) is 16.6. The largest absolute Gasteiger partial charge is 0.493 e. The summed E-state index contributed by atoms with van der Waals surface area (Å²) < 4.78 is 11.1. The number of methoxy groups -OCH3 is 1. The second-order valence-electron chi connectivity index (χ2n) is 6.81. The molecule has 1 aliphatic rings. The molecule has 1 heterocycles. The third-order valence-corrected chi connectivity index (χ3v) is 4.90. The Morgan fingerprint density at radius 1 is 1.24 bits per heavy atom. The van der Waals surface area contributed by atoms with E-state index in [1.165, 1.54) is 13.2 Å². The minimum atomic E-state index is -0.494. The van der Waals surface area contributed by atoms with Gasteiger partial charge in [0.2, 0.25) is 5.75 Å². The lowest BCUT2D eigenvalue weighted by atomic mass is 10.00. The van der Waals surface area contributed by atoms with Gasteiger partial charge in [-0.2, -0.15) is 0 Å². The Hall–Kier alpha value is -3.19. The molecule has 0 N–H and O–H groups in total. The molecule has 0 amide bonds. The highest BCUT2D eigenvalue weighted by atomic mass is 16.6. The molecular formula is C22H24N2O5. The standard InChI is InChI=1S/C22H24N2O5/c1-3-23-10-9-20(25)18(14-23)11-17-12-19(24(26)27)22(21(13-17)28-2)29-15-16-7-5-4-6-8-16/h4-8,11-13H,3,9-10,14-15H2,1-2H3/b18-11+. The van der Waals surface area contributed by atoms with Gasteiger partial charge in [-0.25, -0.2) is 0 Å². The molecule has 0 unspecified atom stereocenters. The third kappa shape index (κ3) is 5.00. The Labute approximate surface area is 169 Å². The predicted molar refractivity (Wildman–Crippen MR) is 110 cm³/mol. The van der Waals surface area contributed by atoms with Gasteiger partial charge in [-0.15, -0.1) is 0 Å². The number of Topliss-reactive ketones (excluding diaryl/α,β-unsaturated/α-hetero) is 1. The van der Waals surface area contributed by atoms with Crippen LogP contribution < -0.4 is 9.47 Å². The maximum atomic E-state index is 12.3. The molecule has 29 heavy (non-hydrogen) atoms. The summed E-state index contributed by atoms with van der Waals surface area (Å²) in [5.74, 6) is 0.409. The van der Waals surface area contributed by atoms with Crippen LogP contribution in [0.3, 0.4) is 0 Å². The topological polar surface area (TPSA) is 81.9 Å². The molecular weight excluding hydrogens is 372 g/mol. The lowest BCUT2D eigenvalue weighted by molar-refractivity contribution is -0.386. The van der Waals surface area contributed by atoms with Gasteiger partial charge in [0, 0.05) is 31.1 Å². The number of likely N-dealkylation sites (N-methyl/N-ethyl adjacent to an activating group) is 1. The SMILES string of the molecule is CCN1CCC(=O)/C(=C/c2cc(OC)c(OCc3ccccc3)c([N+](=O)[O-])c2)C1. The number of hydrogen-bond acceptors (Lipinski definition) is 6. The predicted octanol–water partition coefficient (Wildman–Crippen LogP) is 3.86. The quantitative estimate of drug-likeness (QED) is 0.402. The van der Waals surface area contributed by atoms with Crippen LogP contribution in [0.15, 0.2) is 48.0 Å². The first-order valence-electron chi connectivity index (χ1n) is 9.51. The highest BCUT2D eigenvalue weighted by Gasteiger charge is 2.24. The molecule has 0 atom stereocenters. The fourth-order valence-electron chi connectivity index (χ4n) is 3.28. The van der Waals surface area contributed by atoms with Gasteiger partial charge in [0.15, 0.2) is 11.5 Å². The van der Waals surface area contributed by atoms with Crippen molar-refractivity contribution in [1.82, 2.24) is 4.90 Å². The number of likely N-dealkylation sites (tertiary alicyclic amines) is 1. The van der Waals surface area contributed by atoms with Crippen molar-refractivity contribution in [3.63, 3.8) is 0 Å². The van der Waals surface area contributed by atoms with Gasteiger partial charge < -0.3 is 9.47 Å². The molecule has 2 aromatic rings. The average molecular weight is 396 g/mol. The van der Waals surface area contributed by atoms with Crippen molar-refractivity contribution in [2.24, 2.45) is 0 Å². The summed E-state index contributed by atoms with van der Waals surface area (Å²) in [7, 11) is 1.44. The van der Waals surface area contributed by atoms with E-state index in [-0.39, 0.29) is 29.6 Å². The van der Waals surface area contributed by atoms with Crippen molar-refractivity contribution in [1.29, 1.82) is 0 Å². The summed E-state index contributed by atoms with van der Waals surface area (Å²) in [6.07, 6.45) is 2.16. The number of nitrogens with zero attached hydrogens (tertiary/aromatic N) is 2. The van der Waals surface area contributed by atoms with E-state index in [2.05, 4.69) is 4.90 Å². The monoisotopic (exact) mass is 396 g/mol. The lowest BCUT2D eigenvalue weighted by Crippen LogP contribution is -2.35. The van der Waals surface area contributed by atoms with Gasteiger partial charge in [-0.05, 0) is 29.8 Å². The Morgan fingerprint density at radius 2 is 2.00 bits per heavy atom. The van der Waals surface area contributed by atoms with E-state index in [9.17, 15) is 14.9 Å². The zero-order valence-electron chi connectivity index (χ0n) is 16.6. The van der Waals surface area contributed by atoms with Crippen LogP contribution in [0.5, 0.6) is 11.5 Å². The Bertz CT molecular complexity index is 924. The summed E-state index contributed by atoms with van der Waals surface area (Å²) >= 11 is 0. The van der Waals surface area contributed by atoms with E-state index in [1.807, 2.05) is 37.3 Å². The van der Waals surface area contributed by atoms with E-state index >= 15 is 0 Å². The number of benzene rings is 2. The molecule has 2 aromatic carbocycles. The molecule has 7 heteroatoms. The molecule has 0 spiro atoms. The number of piperidine rings is 1. The summed E-state index contributed by atoms with van der Waals surface area (Å²) in [6.45, 7) is 4.35. The fraction of sp³-hybridized carbons (Fsp3) is 0.318. The summed E-state index contributed by atoms with van der Waals surface area (Å²) in [4.78, 5) is 25.6. The Morgan fingerprint density at radius 3 is 2.66 bits per heavy atom. The zero-order chi connectivity index (χ0) is 20.8. The first-order chi connectivity index (χ1) is 14.0. The molecule has 0 aliphatic carbocycles. The normalized spacial score (nSPS) is 16.1. The maximum absolute atomic E-state index is 12.3. The van der Waals surface area contributed by atoms with Gasteiger partial charge in [0.05, 0.1) is 12.0 Å². The van der Waals surface area contributed by atoms with E-state index < -0.39 is 4.92 Å². The van der Waals surface area contributed by atoms with Crippen LogP contribution in [0.4, 0.5) is 5.69 Å². The van der Waals surface area contributed by atoms with Crippen LogP contribution in [0.25, 0.3) is 6.08 Å². The van der Waals surface area contributed by atoms with Crippen LogP contribution in [0.1, 0.15) is 24.5 Å². The van der Waals surface area contributed by atoms with E-state index in [0.717, 1.165) is 18.7 Å². The molecule has 0 aromatic heterocycles. The molecule has 3 rings (SSSR count). The summed E-state index contributed by atoms with van der Waals surface area (Å²) in [5, 5.41) is 11.7. The Kier molecular flexibility index (Phi) is 6.61. The van der Waals surface area contributed by atoms with Crippen LogP contribution in [-0.2, 0) is 11.4 Å². The molecule has 1 aliphatic heterocycles. The van der Waals surface area contributed by atoms with Gasteiger partial charge in [-0.1, -0.05) is 37.3 Å². The maximum Gasteiger partial charge on any atom is 0.315 e. The van der Waals surface area contributed by atoms with Crippen molar-refractivity contribution >= 4 is 17.5 Å². The number of ketones is 1. The number of hydrogen-bond donors (Lipinski definition) is 0. The minimum absolute atomic E-state index is 0.0701. The molecule has 1 saturated heterocycles. The van der Waals surface area contributed by atoms with Gasteiger partial charge in [-0.3, -0.25) is 19.8 Å². The molecule has 152 valence electrons. The van der Waals surface area contributed by atoms with Crippen molar-refractivity contribution in [3.05, 3.63) is 69.3 Å². The van der Waals surface area contributed by atoms with Gasteiger partial charge in [0.1, 0.15) is 6.61 Å². The molecule has 0 bridgehead atoms. The minimum Gasteiger partial charge on any atom is -0.493 e. The first kappa shape index (κ1) is 20.5. The van der Waals surface area contributed by atoms with Crippen molar-refractivity contribution in [3.8, 4) is 11.5 Å². The van der Waals surface area contributed by atoms with Gasteiger partial charge >= 0.3 is 5.69 Å². The summed E-state index contributed by atoms with van der Waals surface area (Å²) in [6, 6.07) is 12.5. The second kappa shape index (κ2) is 9.34. The number of carbonyl (C=O) groups excluding carboxylic acids is 1. The Balaban J connectivity index is 1.94. The smallest absolute Gasteiger partial charge is 0.315 e. The third-order valence-electron chi connectivity index (χ3n) is 4.90.